The topological polar surface area (TPSA) is 147 Å². The summed E-state index contributed by atoms with van der Waals surface area (Å²) in [6.45, 7) is 1.70. The van der Waals surface area contributed by atoms with E-state index in [1.165, 1.54) is 24.3 Å². The summed E-state index contributed by atoms with van der Waals surface area (Å²) < 4.78 is 0. The maximum absolute atomic E-state index is 12.8. The lowest BCUT2D eigenvalue weighted by atomic mass is 9.91. The van der Waals surface area contributed by atoms with Crippen molar-refractivity contribution in [1.82, 2.24) is 5.43 Å². The zero-order valence-corrected chi connectivity index (χ0v) is 13.1. The van der Waals surface area contributed by atoms with Gasteiger partial charge in [-0.25, -0.2) is 15.4 Å². The summed E-state index contributed by atoms with van der Waals surface area (Å²) in [5, 5.41) is 18.5. The van der Waals surface area contributed by atoms with Crippen LogP contribution in [0.5, 0.6) is 0 Å². The monoisotopic (exact) mass is 342 g/mol. The van der Waals surface area contributed by atoms with Crippen molar-refractivity contribution in [2.45, 2.75) is 6.92 Å². The van der Waals surface area contributed by atoms with E-state index in [-0.39, 0.29) is 16.7 Å². The van der Waals surface area contributed by atoms with Gasteiger partial charge >= 0.3 is 11.9 Å². The van der Waals surface area contributed by atoms with E-state index < -0.39 is 34.8 Å². The van der Waals surface area contributed by atoms with Gasteiger partial charge in [-0.1, -0.05) is 23.8 Å². The second kappa shape index (κ2) is 6.93. The highest BCUT2D eigenvalue weighted by atomic mass is 16.4. The van der Waals surface area contributed by atoms with Crippen LogP contribution in [0.4, 0.5) is 0 Å². The summed E-state index contributed by atoms with van der Waals surface area (Å²) in [4.78, 5) is 47.5. The molecule has 0 heterocycles. The van der Waals surface area contributed by atoms with Gasteiger partial charge in [0.15, 0.2) is 5.78 Å². The number of nitrogens with two attached hydrogens (primary N) is 1. The van der Waals surface area contributed by atoms with Crippen molar-refractivity contribution in [1.29, 1.82) is 0 Å². The largest absolute Gasteiger partial charge is 0.478 e. The van der Waals surface area contributed by atoms with Gasteiger partial charge in [-0.15, -0.1) is 0 Å². The molecule has 0 saturated heterocycles. The quantitative estimate of drug-likeness (QED) is 0.276. The number of aryl methyl sites for hydroxylation is 1. The highest BCUT2D eigenvalue weighted by Gasteiger charge is 2.26. The molecule has 1 amide bonds. The van der Waals surface area contributed by atoms with Gasteiger partial charge in [0.2, 0.25) is 0 Å². The number of carbonyl (C=O) groups is 4. The van der Waals surface area contributed by atoms with E-state index in [1.807, 2.05) is 5.43 Å². The van der Waals surface area contributed by atoms with Crippen molar-refractivity contribution >= 4 is 23.6 Å². The number of nitrogens with one attached hydrogen (secondary N) is 1. The first-order chi connectivity index (χ1) is 11.8. The summed E-state index contributed by atoms with van der Waals surface area (Å²) in [7, 11) is 0. The standard InChI is InChI=1S/C17H14N2O6/c1-8-5-6-9(12(7-8)15(21)19-18)14(20)10-3-2-4-11(16(22)23)13(10)17(24)25/h2-7H,18H2,1H3,(H,19,21)(H,22,23)(H,24,25). The molecule has 2 rings (SSSR count). The molecule has 0 saturated carbocycles. The first-order valence-electron chi connectivity index (χ1n) is 7.03. The van der Waals surface area contributed by atoms with Crippen LogP contribution in [0.25, 0.3) is 0 Å². The van der Waals surface area contributed by atoms with Crippen molar-refractivity contribution in [2.24, 2.45) is 5.84 Å². The summed E-state index contributed by atoms with van der Waals surface area (Å²) in [5.41, 5.74) is 0.998. The van der Waals surface area contributed by atoms with Crippen LogP contribution >= 0.6 is 0 Å². The smallest absolute Gasteiger partial charge is 0.337 e. The minimum absolute atomic E-state index is 0.0374. The van der Waals surface area contributed by atoms with Gasteiger partial charge in [0.25, 0.3) is 5.91 Å². The Morgan fingerprint density at radius 3 is 2.08 bits per heavy atom. The van der Waals surface area contributed by atoms with Crippen molar-refractivity contribution < 1.29 is 29.4 Å². The highest BCUT2D eigenvalue weighted by molar-refractivity contribution is 6.20. The Morgan fingerprint density at radius 1 is 0.880 bits per heavy atom. The number of amides is 1. The van der Waals surface area contributed by atoms with Gasteiger partial charge in [0.05, 0.1) is 16.7 Å². The zero-order chi connectivity index (χ0) is 18.7. The molecule has 0 aliphatic carbocycles. The molecule has 0 bridgehead atoms. The van der Waals surface area contributed by atoms with Crippen LogP contribution < -0.4 is 11.3 Å². The SMILES string of the molecule is Cc1ccc(C(=O)c2cccc(C(=O)O)c2C(=O)O)c(C(=O)NN)c1. The molecule has 0 spiro atoms. The number of nitrogen functional groups attached to an aromatic ring is 1. The third-order valence-corrected chi connectivity index (χ3v) is 3.55. The number of carboxylic acids is 2. The van der Waals surface area contributed by atoms with Gasteiger partial charge in [-0.3, -0.25) is 15.0 Å². The number of rotatable bonds is 5. The van der Waals surface area contributed by atoms with Crippen LogP contribution in [0.2, 0.25) is 0 Å². The lowest BCUT2D eigenvalue weighted by Crippen LogP contribution is -2.31. The van der Waals surface area contributed by atoms with E-state index in [9.17, 15) is 24.3 Å². The Bertz CT molecular complexity index is 904. The second-order valence-electron chi connectivity index (χ2n) is 5.19. The lowest BCUT2D eigenvalue weighted by molar-refractivity contribution is 0.0649. The summed E-state index contributed by atoms with van der Waals surface area (Å²) in [5.74, 6) is 0.572. The van der Waals surface area contributed by atoms with Crippen LogP contribution in [0, 0.1) is 6.92 Å². The average Bonchev–Trinajstić information content (AvgIpc) is 2.59. The zero-order valence-electron chi connectivity index (χ0n) is 13.1. The van der Waals surface area contributed by atoms with Crippen molar-refractivity contribution in [3.05, 3.63) is 69.8 Å². The first kappa shape index (κ1) is 17.8. The first-order valence-corrected chi connectivity index (χ1v) is 7.03. The highest BCUT2D eigenvalue weighted by Crippen LogP contribution is 2.22. The predicted octanol–water partition coefficient (Wildman–Crippen LogP) is 1.23. The molecule has 0 aliphatic rings. The second-order valence-corrected chi connectivity index (χ2v) is 5.19. The minimum atomic E-state index is -1.56. The fourth-order valence-corrected chi connectivity index (χ4v) is 2.42. The van der Waals surface area contributed by atoms with Crippen LogP contribution in [0.15, 0.2) is 36.4 Å². The van der Waals surface area contributed by atoms with Crippen LogP contribution in [0.3, 0.4) is 0 Å². The maximum atomic E-state index is 12.8. The number of benzene rings is 2. The third-order valence-electron chi connectivity index (χ3n) is 3.55. The molecule has 8 heteroatoms. The van der Waals surface area contributed by atoms with E-state index in [4.69, 9.17) is 10.9 Å². The van der Waals surface area contributed by atoms with Gasteiger partial charge in [-0.2, -0.15) is 0 Å². The molecular formula is C17H14N2O6. The van der Waals surface area contributed by atoms with Crippen molar-refractivity contribution in [3.63, 3.8) is 0 Å². The Balaban J connectivity index is 2.71. The molecule has 0 aromatic heterocycles. The van der Waals surface area contributed by atoms with E-state index in [1.54, 1.807) is 13.0 Å². The molecular weight excluding hydrogens is 328 g/mol. The number of aromatic carboxylic acids is 2. The molecule has 0 aliphatic heterocycles. The molecule has 0 radical (unpaired) electrons. The van der Waals surface area contributed by atoms with Crippen molar-refractivity contribution in [3.8, 4) is 0 Å². The number of ketones is 1. The average molecular weight is 342 g/mol. The summed E-state index contributed by atoms with van der Waals surface area (Å²) >= 11 is 0. The van der Waals surface area contributed by atoms with Crippen molar-refractivity contribution in [2.75, 3.05) is 0 Å². The maximum Gasteiger partial charge on any atom is 0.337 e. The molecule has 0 fully saturated rings. The van der Waals surface area contributed by atoms with Crippen LogP contribution in [0.1, 0.15) is 52.6 Å². The fraction of sp³-hybridized carbons (Fsp3) is 0.0588. The molecule has 25 heavy (non-hydrogen) atoms. The van der Waals surface area contributed by atoms with E-state index >= 15 is 0 Å². The molecule has 0 atom stereocenters. The lowest BCUT2D eigenvalue weighted by Gasteiger charge is -2.12. The third kappa shape index (κ3) is 3.38. The molecule has 2 aromatic rings. The fourth-order valence-electron chi connectivity index (χ4n) is 2.42. The van der Waals surface area contributed by atoms with E-state index in [0.717, 1.165) is 6.07 Å². The summed E-state index contributed by atoms with van der Waals surface area (Å²) in [6.07, 6.45) is 0. The van der Waals surface area contributed by atoms with E-state index in [2.05, 4.69) is 0 Å². The molecule has 128 valence electrons. The van der Waals surface area contributed by atoms with Gasteiger partial charge in [0, 0.05) is 11.1 Å². The normalized spacial score (nSPS) is 10.2. The van der Waals surface area contributed by atoms with Gasteiger partial charge in [-0.05, 0) is 25.1 Å². The predicted molar refractivity (Wildman–Crippen MR) is 86.6 cm³/mol. The molecule has 5 N–H and O–H groups in total. The number of carboxylic acid groups (broad SMARTS) is 2. The molecule has 2 aromatic carbocycles. The number of hydrogen-bond acceptors (Lipinski definition) is 5. The minimum Gasteiger partial charge on any atom is -0.478 e. The summed E-state index contributed by atoms with van der Waals surface area (Å²) in [6, 6.07) is 7.91. The Kier molecular flexibility index (Phi) is 4.94. The number of carbonyl (C=O) groups excluding carboxylic acids is 2. The molecule has 0 unspecified atom stereocenters. The Morgan fingerprint density at radius 2 is 1.52 bits per heavy atom. The molecule has 8 nitrogen and oxygen atoms in total. The number of hydrogen-bond donors (Lipinski definition) is 4. The Labute approximate surface area is 141 Å². The van der Waals surface area contributed by atoms with E-state index in [0.29, 0.717) is 5.56 Å². The Hall–Kier alpha value is -3.52. The van der Waals surface area contributed by atoms with Crippen LogP contribution in [-0.2, 0) is 0 Å². The van der Waals surface area contributed by atoms with Gasteiger partial charge < -0.3 is 10.2 Å². The number of hydrazine groups is 1. The van der Waals surface area contributed by atoms with Gasteiger partial charge in [0.1, 0.15) is 0 Å². The van der Waals surface area contributed by atoms with Crippen LogP contribution in [-0.4, -0.2) is 33.8 Å².